The maximum Gasteiger partial charge on any atom is 0.573 e. The third-order valence-corrected chi connectivity index (χ3v) is 6.29. The van der Waals surface area contributed by atoms with Crippen molar-refractivity contribution in [3.63, 3.8) is 0 Å². The molecule has 1 fully saturated rings. The molecule has 5 nitrogen and oxygen atoms in total. The van der Waals surface area contributed by atoms with Crippen LogP contribution in [0.4, 0.5) is 13.2 Å². The Bertz CT molecular complexity index is 1250. The van der Waals surface area contributed by atoms with Gasteiger partial charge in [0.25, 0.3) is 11.8 Å². The number of hydrogen-bond acceptors (Lipinski definition) is 3. The van der Waals surface area contributed by atoms with Crippen LogP contribution >= 0.6 is 23.2 Å². The number of likely N-dealkylation sites (tertiary alicyclic amines) is 1. The molecule has 0 spiro atoms. The maximum absolute atomic E-state index is 13.4. The van der Waals surface area contributed by atoms with Gasteiger partial charge in [-0.1, -0.05) is 23.2 Å². The number of hydrogen-bond donors (Lipinski definition) is 0. The number of carbonyl (C=O) groups is 2. The van der Waals surface area contributed by atoms with Crippen molar-refractivity contribution in [2.24, 2.45) is 0 Å². The summed E-state index contributed by atoms with van der Waals surface area (Å²) in [6.45, 7) is 2.80. The number of carbonyl (C=O) groups excluding carboxylic acids is 2. The van der Waals surface area contributed by atoms with Gasteiger partial charge in [-0.25, -0.2) is 0 Å². The first kappa shape index (κ1) is 23.4. The van der Waals surface area contributed by atoms with Gasteiger partial charge in [-0.15, -0.1) is 13.2 Å². The quantitative estimate of drug-likeness (QED) is 0.415. The molecule has 0 N–H and O–H groups in total. The Kier molecular flexibility index (Phi) is 6.33. The molecule has 2 aromatic carbocycles. The van der Waals surface area contributed by atoms with E-state index < -0.39 is 12.3 Å². The summed E-state index contributed by atoms with van der Waals surface area (Å²) in [6, 6.07) is 6.83. The number of rotatable bonds is 3. The molecule has 1 amide bonds. The van der Waals surface area contributed by atoms with Crippen molar-refractivity contribution in [1.82, 2.24) is 9.47 Å². The lowest BCUT2D eigenvalue weighted by Gasteiger charge is -2.27. The van der Waals surface area contributed by atoms with E-state index in [0.29, 0.717) is 29.6 Å². The standard InChI is InChI=1S/C23H19Cl2F3N2O3/c1-13-11-15(33-23(26,27)28)12-14-7-10-30(20(13)14)22(32)18-17(24)6-5-16(19(18)25)21(31)29-8-3-2-4-9-29/h5-7,10-12H,2-4,8-9H2,1H3. The Morgan fingerprint density at radius 1 is 1.00 bits per heavy atom. The zero-order valence-corrected chi connectivity index (χ0v) is 19.0. The monoisotopic (exact) mass is 498 g/mol. The number of alkyl halides is 3. The molecule has 0 radical (unpaired) electrons. The maximum atomic E-state index is 13.4. The number of halogens is 5. The molecule has 2 heterocycles. The average Bonchev–Trinajstić information content (AvgIpc) is 3.17. The highest BCUT2D eigenvalue weighted by atomic mass is 35.5. The minimum atomic E-state index is -4.83. The van der Waals surface area contributed by atoms with Gasteiger partial charge in [0.15, 0.2) is 0 Å². The number of amides is 1. The van der Waals surface area contributed by atoms with Crippen molar-refractivity contribution in [3.8, 4) is 5.75 Å². The zero-order chi connectivity index (χ0) is 23.9. The van der Waals surface area contributed by atoms with Gasteiger partial charge in [0.1, 0.15) is 5.75 Å². The largest absolute Gasteiger partial charge is 0.573 e. The second-order valence-corrected chi connectivity index (χ2v) is 8.64. The van der Waals surface area contributed by atoms with E-state index in [0.717, 1.165) is 19.3 Å². The van der Waals surface area contributed by atoms with Gasteiger partial charge >= 0.3 is 6.36 Å². The second kappa shape index (κ2) is 8.91. The van der Waals surface area contributed by atoms with Crippen molar-refractivity contribution < 1.29 is 27.5 Å². The fourth-order valence-corrected chi connectivity index (χ4v) is 4.73. The highest BCUT2D eigenvalue weighted by Crippen LogP contribution is 2.34. The minimum absolute atomic E-state index is 0.0475. The van der Waals surface area contributed by atoms with Gasteiger partial charge in [0, 0.05) is 24.7 Å². The summed E-state index contributed by atoms with van der Waals surface area (Å²) < 4.78 is 43.1. The molecule has 0 unspecified atom stereocenters. The van der Waals surface area contributed by atoms with E-state index in [1.165, 1.54) is 41.1 Å². The number of aromatic nitrogens is 1. The molecule has 1 aliphatic heterocycles. The Morgan fingerprint density at radius 3 is 2.36 bits per heavy atom. The molecule has 0 bridgehead atoms. The predicted molar refractivity (Wildman–Crippen MR) is 119 cm³/mol. The SMILES string of the molecule is Cc1cc(OC(F)(F)F)cc2ccn(C(=O)c3c(Cl)ccc(C(=O)N4CCCCC4)c3Cl)c12. The summed E-state index contributed by atoms with van der Waals surface area (Å²) >= 11 is 12.8. The van der Waals surface area contributed by atoms with E-state index in [1.807, 2.05) is 0 Å². The van der Waals surface area contributed by atoms with Crippen molar-refractivity contribution in [1.29, 1.82) is 0 Å². The lowest BCUT2D eigenvalue weighted by molar-refractivity contribution is -0.274. The number of benzene rings is 2. The van der Waals surface area contributed by atoms with Gasteiger partial charge in [0.2, 0.25) is 0 Å². The molecule has 1 aliphatic rings. The molecule has 0 saturated carbocycles. The van der Waals surface area contributed by atoms with Gasteiger partial charge < -0.3 is 9.64 Å². The molecule has 4 rings (SSSR count). The van der Waals surface area contributed by atoms with Crippen LogP contribution < -0.4 is 4.74 Å². The topological polar surface area (TPSA) is 51.5 Å². The molecule has 33 heavy (non-hydrogen) atoms. The third kappa shape index (κ3) is 4.68. The number of fused-ring (bicyclic) bond motifs is 1. The summed E-state index contributed by atoms with van der Waals surface area (Å²) in [5.74, 6) is -1.25. The van der Waals surface area contributed by atoms with Crippen LogP contribution in [0.5, 0.6) is 5.75 Å². The number of piperidine rings is 1. The zero-order valence-electron chi connectivity index (χ0n) is 17.5. The highest BCUT2D eigenvalue weighted by Gasteiger charge is 2.32. The molecule has 0 atom stereocenters. The Morgan fingerprint density at radius 2 is 1.70 bits per heavy atom. The average molecular weight is 499 g/mol. The van der Waals surface area contributed by atoms with Gasteiger partial charge in [0.05, 0.1) is 26.7 Å². The van der Waals surface area contributed by atoms with Crippen molar-refractivity contribution in [3.05, 3.63) is 63.3 Å². The van der Waals surface area contributed by atoms with Crippen LogP contribution in [-0.4, -0.2) is 40.7 Å². The predicted octanol–water partition coefficient (Wildman–Crippen LogP) is 6.47. The number of aryl methyl sites for hydroxylation is 1. The minimum Gasteiger partial charge on any atom is -0.406 e. The molecular formula is C23H19Cl2F3N2O3. The van der Waals surface area contributed by atoms with Gasteiger partial charge in [-0.05, 0) is 62.1 Å². The van der Waals surface area contributed by atoms with Crippen LogP contribution in [0.1, 0.15) is 45.5 Å². The molecule has 10 heteroatoms. The number of nitrogens with zero attached hydrogens (tertiary/aromatic N) is 2. The van der Waals surface area contributed by atoms with Gasteiger partial charge in [-0.2, -0.15) is 0 Å². The fraction of sp³-hybridized carbons (Fsp3) is 0.304. The van der Waals surface area contributed by atoms with E-state index in [4.69, 9.17) is 23.2 Å². The second-order valence-electron chi connectivity index (χ2n) is 7.85. The molecule has 174 valence electrons. The van der Waals surface area contributed by atoms with E-state index in [1.54, 1.807) is 11.8 Å². The van der Waals surface area contributed by atoms with Crippen LogP contribution in [0.25, 0.3) is 10.9 Å². The first-order chi connectivity index (χ1) is 15.6. The Labute approximate surface area is 197 Å². The molecule has 1 aromatic heterocycles. The van der Waals surface area contributed by atoms with Crippen LogP contribution in [0.2, 0.25) is 10.0 Å². The van der Waals surface area contributed by atoms with Crippen LogP contribution in [0, 0.1) is 6.92 Å². The Hall–Kier alpha value is -2.71. The fourth-order valence-electron chi connectivity index (χ4n) is 4.12. The summed E-state index contributed by atoms with van der Waals surface area (Å²) in [5, 5.41) is 0.381. The van der Waals surface area contributed by atoms with Crippen molar-refractivity contribution in [2.75, 3.05) is 13.1 Å². The first-order valence-electron chi connectivity index (χ1n) is 10.3. The molecule has 1 saturated heterocycles. The van der Waals surface area contributed by atoms with E-state index >= 15 is 0 Å². The molecule has 3 aromatic rings. The third-order valence-electron chi connectivity index (χ3n) is 5.58. The van der Waals surface area contributed by atoms with E-state index in [-0.39, 0.29) is 32.8 Å². The number of ether oxygens (including phenoxy) is 1. The van der Waals surface area contributed by atoms with Gasteiger partial charge in [-0.3, -0.25) is 14.2 Å². The van der Waals surface area contributed by atoms with E-state index in [2.05, 4.69) is 4.74 Å². The smallest absolute Gasteiger partial charge is 0.406 e. The lowest BCUT2D eigenvalue weighted by atomic mass is 10.1. The molecule has 0 aliphatic carbocycles. The first-order valence-corrected chi connectivity index (χ1v) is 11.0. The summed E-state index contributed by atoms with van der Waals surface area (Å²) in [7, 11) is 0. The van der Waals surface area contributed by atoms with Crippen molar-refractivity contribution in [2.45, 2.75) is 32.5 Å². The van der Waals surface area contributed by atoms with E-state index in [9.17, 15) is 22.8 Å². The molecular weight excluding hydrogens is 480 g/mol. The van der Waals surface area contributed by atoms with Crippen molar-refractivity contribution >= 4 is 45.9 Å². The Balaban J connectivity index is 1.74. The summed E-state index contributed by atoms with van der Waals surface area (Å²) in [4.78, 5) is 28.1. The lowest BCUT2D eigenvalue weighted by Crippen LogP contribution is -2.36. The van der Waals surface area contributed by atoms with Crippen LogP contribution in [0.15, 0.2) is 36.5 Å². The van der Waals surface area contributed by atoms with Crippen LogP contribution in [0.3, 0.4) is 0 Å². The van der Waals surface area contributed by atoms with Crippen LogP contribution in [-0.2, 0) is 0 Å². The summed E-state index contributed by atoms with van der Waals surface area (Å²) in [6.07, 6.45) is -0.559. The highest BCUT2D eigenvalue weighted by molar-refractivity contribution is 6.41. The normalized spacial score (nSPS) is 14.5. The summed E-state index contributed by atoms with van der Waals surface area (Å²) in [5.41, 5.74) is 0.904.